The number of nitrogens with one attached hydrogen (secondary N) is 1. The van der Waals surface area contributed by atoms with Gasteiger partial charge in [-0.3, -0.25) is 20.2 Å². The van der Waals surface area contributed by atoms with Crippen LogP contribution in [0.5, 0.6) is 0 Å². The predicted octanol–water partition coefficient (Wildman–Crippen LogP) is 1.34. The van der Waals surface area contributed by atoms with Crippen molar-refractivity contribution in [1.82, 2.24) is 15.0 Å². The molecule has 0 spiro atoms. The molecule has 0 radical (unpaired) electrons. The highest BCUT2D eigenvalue weighted by atomic mass is 16.6. The summed E-state index contributed by atoms with van der Waals surface area (Å²) < 4.78 is 0. The monoisotopic (exact) mass is 350 g/mol. The lowest BCUT2D eigenvalue weighted by Crippen LogP contribution is -2.53. The molecule has 3 N–H and O–H groups in total. The summed E-state index contributed by atoms with van der Waals surface area (Å²) in [6, 6.07) is 1.30. The lowest BCUT2D eigenvalue weighted by molar-refractivity contribution is -0.384. The van der Waals surface area contributed by atoms with Crippen LogP contribution in [0.4, 0.5) is 16.3 Å². The third-order valence-electron chi connectivity index (χ3n) is 4.27. The minimum absolute atomic E-state index is 0.0186. The maximum atomic E-state index is 12.5. The summed E-state index contributed by atoms with van der Waals surface area (Å²) in [4.78, 5) is 39.2. The minimum atomic E-state index is -0.706. The van der Waals surface area contributed by atoms with Crippen molar-refractivity contribution in [3.63, 3.8) is 0 Å². The molecule has 3 amide bonds. The summed E-state index contributed by atoms with van der Waals surface area (Å²) in [7, 11) is 0. The fourth-order valence-corrected chi connectivity index (χ4v) is 2.53. The molecule has 1 aliphatic heterocycles. The summed E-state index contributed by atoms with van der Waals surface area (Å²) in [5.74, 6) is -0.518. The van der Waals surface area contributed by atoms with Crippen LogP contribution >= 0.6 is 0 Å². The van der Waals surface area contributed by atoms with E-state index in [1.807, 2.05) is 13.8 Å². The van der Waals surface area contributed by atoms with Gasteiger partial charge in [0.25, 0.3) is 5.91 Å². The number of carbonyl (C=O) groups excluding carboxylic acids is 2. The van der Waals surface area contributed by atoms with Crippen molar-refractivity contribution in [2.75, 3.05) is 18.4 Å². The standard InChI is InChI=1S/C15H22N6O4/c1-3-10(2)12(16)14(22)19-8-5-9-20(19)15(23)18-13-11(21(24)25)6-4-7-17-13/h4,6-7,10,12H,3,5,8-9,16H2,1-2H3,(H,17,18,23). The highest BCUT2D eigenvalue weighted by Crippen LogP contribution is 2.22. The van der Waals surface area contributed by atoms with Gasteiger partial charge in [0.1, 0.15) is 0 Å². The molecular weight excluding hydrogens is 328 g/mol. The van der Waals surface area contributed by atoms with Crippen LogP contribution < -0.4 is 11.1 Å². The maximum Gasteiger partial charge on any atom is 0.342 e. The number of hydrazine groups is 1. The molecule has 25 heavy (non-hydrogen) atoms. The van der Waals surface area contributed by atoms with Gasteiger partial charge in [0, 0.05) is 25.4 Å². The van der Waals surface area contributed by atoms with Crippen molar-refractivity contribution in [1.29, 1.82) is 0 Å². The second-order valence-corrected chi connectivity index (χ2v) is 5.91. The van der Waals surface area contributed by atoms with Crippen LogP contribution in [0.25, 0.3) is 0 Å². The van der Waals surface area contributed by atoms with E-state index >= 15 is 0 Å². The quantitative estimate of drug-likeness (QED) is 0.608. The maximum absolute atomic E-state index is 12.5. The molecule has 0 aromatic carbocycles. The fraction of sp³-hybridized carbons (Fsp3) is 0.533. The number of urea groups is 1. The van der Waals surface area contributed by atoms with Crippen LogP contribution in [-0.4, -0.2) is 51.0 Å². The Kier molecular flexibility index (Phi) is 5.86. The van der Waals surface area contributed by atoms with Crippen LogP contribution in [0.2, 0.25) is 0 Å². The third-order valence-corrected chi connectivity index (χ3v) is 4.27. The van der Waals surface area contributed by atoms with Crippen molar-refractivity contribution in [3.05, 3.63) is 28.4 Å². The molecular formula is C15H22N6O4. The van der Waals surface area contributed by atoms with Crippen molar-refractivity contribution in [3.8, 4) is 0 Å². The first-order chi connectivity index (χ1) is 11.9. The fourth-order valence-electron chi connectivity index (χ4n) is 2.53. The number of amides is 3. The Morgan fingerprint density at radius 3 is 2.76 bits per heavy atom. The third kappa shape index (κ3) is 4.02. The average molecular weight is 350 g/mol. The Balaban J connectivity index is 2.13. The van der Waals surface area contributed by atoms with Gasteiger partial charge in [-0.25, -0.2) is 19.8 Å². The first-order valence-electron chi connectivity index (χ1n) is 8.11. The molecule has 2 unspecified atom stereocenters. The first-order valence-corrected chi connectivity index (χ1v) is 8.11. The zero-order valence-corrected chi connectivity index (χ0v) is 14.2. The molecule has 0 bridgehead atoms. The van der Waals surface area contributed by atoms with Crippen LogP contribution in [-0.2, 0) is 4.79 Å². The lowest BCUT2D eigenvalue weighted by Gasteiger charge is -2.31. The number of rotatable bonds is 5. The first kappa shape index (κ1) is 18.6. The van der Waals surface area contributed by atoms with Crippen LogP contribution in [0.1, 0.15) is 26.7 Å². The summed E-state index contributed by atoms with van der Waals surface area (Å²) in [6.45, 7) is 4.51. The number of pyridine rings is 1. The number of nitrogens with two attached hydrogens (primary N) is 1. The van der Waals surface area contributed by atoms with Gasteiger partial charge in [-0.1, -0.05) is 20.3 Å². The van der Waals surface area contributed by atoms with E-state index in [9.17, 15) is 19.7 Å². The van der Waals surface area contributed by atoms with Crippen molar-refractivity contribution >= 4 is 23.4 Å². The summed E-state index contributed by atoms with van der Waals surface area (Å²) in [5, 5.41) is 15.9. The Labute approximate surface area is 145 Å². The Bertz CT molecular complexity index is 667. The molecule has 1 aromatic heterocycles. The molecule has 0 aliphatic carbocycles. The van der Waals surface area contributed by atoms with Crippen LogP contribution in [0.3, 0.4) is 0 Å². The molecule has 136 valence electrons. The molecule has 1 aliphatic rings. The number of nitrogens with zero attached hydrogens (tertiary/aromatic N) is 4. The number of nitro groups is 1. The second-order valence-electron chi connectivity index (χ2n) is 5.91. The van der Waals surface area contributed by atoms with Gasteiger partial charge in [0.2, 0.25) is 5.82 Å². The van der Waals surface area contributed by atoms with Gasteiger partial charge in [0.15, 0.2) is 0 Å². The zero-order chi connectivity index (χ0) is 18.6. The summed E-state index contributed by atoms with van der Waals surface area (Å²) in [5.41, 5.74) is 5.66. The normalized spacial score (nSPS) is 16.4. The smallest absolute Gasteiger partial charge is 0.320 e. The van der Waals surface area contributed by atoms with E-state index in [1.54, 1.807) is 0 Å². The van der Waals surface area contributed by atoms with Crippen molar-refractivity contribution in [2.24, 2.45) is 11.7 Å². The van der Waals surface area contributed by atoms with Crippen molar-refractivity contribution in [2.45, 2.75) is 32.7 Å². The Hall–Kier alpha value is -2.75. The molecule has 2 heterocycles. The minimum Gasteiger partial charge on any atom is -0.320 e. The van der Waals surface area contributed by atoms with Gasteiger partial charge in [-0.05, 0) is 18.4 Å². The molecule has 10 heteroatoms. The van der Waals surface area contributed by atoms with Gasteiger partial charge < -0.3 is 5.73 Å². The van der Waals surface area contributed by atoms with E-state index in [0.29, 0.717) is 19.5 Å². The number of carbonyl (C=O) groups is 2. The van der Waals surface area contributed by atoms with Crippen LogP contribution in [0.15, 0.2) is 18.3 Å². The van der Waals surface area contributed by atoms with E-state index < -0.39 is 17.0 Å². The van der Waals surface area contributed by atoms with E-state index in [2.05, 4.69) is 10.3 Å². The number of hydrogen-bond donors (Lipinski definition) is 2. The van der Waals surface area contributed by atoms with E-state index in [4.69, 9.17) is 5.73 Å². The highest BCUT2D eigenvalue weighted by Gasteiger charge is 2.35. The van der Waals surface area contributed by atoms with Crippen molar-refractivity contribution < 1.29 is 14.5 Å². The van der Waals surface area contributed by atoms with Gasteiger partial charge in [-0.15, -0.1) is 0 Å². The average Bonchev–Trinajstić information content (AvgIpc) is 3.09. The largest absolute Gasteiger partial charge is 0.342 e. The van der Waals surface area contributed by atoms with Gasteiger partial charge in [0.05, 0.1) is 11.0 Å². The van der Waals surface area contributed by atoms with Gasteiger partial charge >= 0.3 is 11.7 Å². The topological polar surface area (TPSA) is 135 Å². The van der Waals surface area contributed by atoms with E-state index in [0.717, 1.165) is 6.42 Å². The van der Waals surface area contributed by atoms with E-state index in [-0.39, 0.29) is 23.3 Å². The molecule has 2 rings (SSSR count). The predicted molar refractivity (Wildman–Crippen MR) is 90.4 cm³/mol. The van der Waals surface area contributed by atoms with Gasteiger partial charge in [-0.2, -0.15) is 0 Å². The van der Waals surface area contributed by atoms with Crippen LogP contribution in [0, 0.1) is 16.0 Å². The molecule has 2 atom stereocenters. The zero-order valence-electron chi connectivity index (χ0n) is 14.2. The second kappa shape index (κ2) is 7.88. The number of hydrogen-bond acceptors (Lipinski definition) is 6. The lowest BCUT2D eigenvalue weighted by atomic mass is 9.99. The SMILES string of the molecule is CCC(C)C(N)C(=O)N1CCCN1C(=O)Nc1ncccc1[N+](=O)[O-]. The summed E-state index contributed by atoms with van der Waals surface area (Å²) in [6.07, 6.45) is 2.69. The van der Waals surface area contributed by atoms with E-state index in [1.165, 1.54) is 28.3 Å². The highest BCUT2D eigenvalue weighted by molar-refractivity contribution is 5.93. The number of anilines is 1. The Morgan fingerprint density at radius 1 is 1.44 bits per heavy atom. The molecule has 1 fully saturated rings. The molecule has 10 nitrogen and oxygen atoms in total. The molecule has 1 saturated heterocycles. The molecule has 0 saturated carbocycles. The molecule has 1 aromatic rings. The Morgan fingerprint density at radius 2 is 2.12 bits per heavy atom. The number of aromatic nitrogens is 1. The summed E-state index contributed by atoms with van der Waals surface area (Å²) >= 11 is 0.